The Morgan fingerprint density at radius 1 is 1.71 bits per heavy atom. The van der Waals surface area contributed by atoms with Crippen LogP contribution >= 0.6 is 0 Å². The van der Waals surface area contributed by atoms with Crippen molar-refractivity contribution < 1.29 is 18.9 Å². The number of aromatic nitrogens is 1. The predicted octanol–water partition coefficient (Wildman–Crippen LogP) is -1.87. The van der Waals surface area contributed by atoms with Gasteiger partial charge in [-0.1, -0.05) is 6.92 Å². The van der Waals surface area contributed by atoms with Crippen LogP contribution in [0.5, 0.6) is 0 Å². The standard InChI is InChI=1S/C5H6N.Li/c1-5-2-3-6-4-5;/h2-3,6H,1H3;/q-1;+1. The van der Waals surface area contributed by atoms with Crippen LogP contribution in [0.1, 0.15) is 5.56 Å². The Hall–Kier alpha value is -0.123. The molecule has 0 radical (unpaired) electrons. The second-order valence-electron chi connectivity index (χ2n) is 1.29. The van der Waals surface area contributed by atoms with Crippen LogP contribution in [0.4, 0.5) is 0 Å². The van der Waals surface area contributed by atoms with Crippen LogP contribution in [0.3, 0.4) is 0 Å². The summed E-state index contributed by atoms with van der Waals surface area (Å²) in [5, 5.41) is 0. The molecule has 0 aliphatic heterocycles. The van der Waals surface area contributed by atoms with Gasteiger partial charge in [0.15, 0.2) is 0 Å². The average Bonchev–Trinajstić information content (AvgIpc) is 1.86. The summed E-state index contributed by atoms with van der Waals surface area (Å²) in [4.78, 5) is 2.80. The summed E-state index contributed by atoms with van der Waals surface area (Å²) in [6.07, 6.45) is 4.73. The fourth-order valence-electron chi connectivity index (χ4n) is 0.364. The van der Waals surface area contributed by atoms with E-state index in [-0.39, 0.29) is 18.9 Å². The Morgan fingerprint density at radius 2 is 2.43 bits per heavy atom. The molecule has 0 amide bonds. The van der Waals surface area contributed by atoms with Crippen LogP contribution < -0.4 is 18.9 Å². The number of rotatable bonds is 0. The van der Waals surface area contributed by atoms with Crippen molar-refractivity contribution in [3.63, 3.8) is 0 Å². The van der Waals surface area contributed by atoms with Crippen molar-refractivity contribution in [1.82, 2.24) is 4.98 Å². The molecule has 0 aliphatic rings. The minimum absolute atomic E-state index is 0. The van der Waals surface area contributed by atoms with Gasteiger partial charge in [-0.2, -0.15) is 17.8 Å². The minimum Gasteiger partial charge on any atom is -0.484 e. The van der Waals surface area contributed by atoms with E-state index in [1.165, 1.54) is 0 Å². The SMILES string of the molecule is Cc1[c-][nH]cc1.[Li+]. The average molecular weight is 87.1 g/mol. The quantitative estimate of drug-likeness (QED) is 0.282. The van der Waals surface area contributed by atoms with E-state index in [1.54, 1.807) is 0 Å². The largest absolute Gasteiger partial charge is 1.00 e. The zero-order valence-electron chi connectivity index (χ0n) is 4.65. The molecule has 0 saturated carbocycles. The van der Waals surface area contributed by atoms with Gasteiger partial charge in [0.2, 0.25) is 0 Å². The predicted molar refractivity (Wildman–Crippen MR) is 24.4 cm³/mol. The van der Waals surface area contributed by atoms with Gasteiger partial charge in [-0.05, 0) is 0 Å². The van der Waals surface area contributed by atoms with Gasteiger partial charge in [-0.25, -0.2) is 0 Å². The summed E-state index contributed by atoms with van der Waals surface area (Å²) in [5.74, 6) is 0. The molecule has 0 spiro atoms. The van der Waals surface area contributed by atoms with E-state index in [1.807, 2.05) is 19.2 Å². The molecule has 1 heterocycles. The molecule has 7 heavy (non-hydrogen) atoms. The Balaban J connectivity index is 0.000000360. The second-order valence-corrected chi connectivity index (χ2v) is 1.29. The van der Waals surface area contributed by atoms with E-state index in [4.69, 9.17) is 0 Å². The fraction of sp³-hybridized carbons (Fsp3) is 0.200. The van der Waals surface area contributed by atoms with E-state index < -0.39 is 0 Å². The molecule has 0 atom stereocenters. The van der Waals surface area contributed by atoms with Crippen LogP contribution in [0.2, 0.25) is 0 Å². The maximum Gasteiger partial charge on any atom is 1.00 e. The van der Waals surface area contributed by atoms with E-state index in [2.05, 4.69) is 11.2 Å². The van der Waals surface area contributed by atoms with Gasteiger partial charge < -0.3 is 4.98 Å². The Morgan fingerprint density at radius 3 is 2.57 bits per heavy atom. The molecule has 1 rings (SSSR count). The number of nitrogens with one attached hydrogen (secondary N) is 1. The number of hydrogen-bond donors (Lipinski definition) is 1. The Kier molecular flexibility index (Phi) is 2.90. The van der Waals surface area contributed by atoms with Gasteiger partial charge in [0.25, 0.3) is 0 Å². The van der Waals surface area contributed by atoms with E-state index in [9.17, 15) is 0 Å². The molecule has 0 fully saturated rings. The van der Waals surface area contributed by atoms with Gasteiger partial charge in [0.05, 0.1) is 0 Å². The minimum atomic E-state index is 0. The normalized spacial score (nSPS) is 7.57. The van der Waals surface area contributed by atoms with Crippen molar-refractivity contribution in [3.8, 4) is 0 Å². The molecule has 0 unspecified atom stereocenters. The maximum absolute atomic E-state index is 2.88. The van der Waals surface area contributed by atoms with Crippen molar-refractivity contribution >= 4 is 0 Å². The molecule has 0 aromatic carbocycles. The van der Waals surface area contributed by atoms with Crippen molar-refractivity contribution in [2.75, 3.05) is 0 Å². The smallest absolute Gasteiger partial charge is 0.484 e. The van der Waals surface area contributed by atoms with Crippen LogP contribution in [0.15, 0.2) is 12.3 Å². The number of aromatic amines is 1. The van der Waals surface area contributed by atoms with Gasteiger partial charge in [-0.3, -0.25) is 0 Å². The molecule has 0 aliphatic carbocycles. The number of hydrogen-bond acceptors (Lipinski definition) is 0. The fourth-order valence-corrected chi connectivity index (χ4v) is 0.364. The van der Waals surface area contributed by atoms with Crippen molar-refractivity contribution in [3.05, 3.63) is 24.0 Å². The molecule has 0 saturated heterocycles. The van der Waals surface area contributed by atoms with Crippen LogP contribution in [-0.4, -0.2) is 4.98 Å². The Bertz CT molecular complexity index is 112. The van der Waals surface area contributed by atoms with E-state index in [0.29, 0.717) is 0 Å². The summed E-state index contributed by atoms with van der Waals surface area (Å²) >= 11 is 0. The molecule has 32 valence electrons. The number of aryl methyl sites for hydroxylation is 1. The summed E-state index contributed by atoms with van der Waals surface area (Å²) in [5.41, 5.74) is 1.16. The third-order valence-corrected chi connectivity index (χ3v) is 0.686. The van der Waals surface area contributed by atoms with Crippen LogP contribution in [0, 0.1) is 13.1 Å². The zero-order valence-corrected chi connectivity index (χ0v) is 4.65. The topological polar surface area (TPSA) is 15.8 Å². The summed E-state index contributed by atoms with van der Waals surface area (Å²) in [6, 6.07) is 1.97. The molecular formula is C5H6LiN. The van der Waals surface area contributed by atoms with E-state index in [0.717, 1.165) is 5.56 Å². The van der Waals surface area contributed by atoms with E-state index >= 15 is 0 Å². The monoisotopic (exact) mass is 87.1 g/mol. The summed E-state index contributed by atoms with van der Waals surface area (Å²) in [6.45, 7) is 2.00. The van der Waals surface area contributed by atoms with Gasteiger partial charge in [0, 0.05) is 0 Å². The number of H-pyrrole nitrogens is 1. The first kappa shape index (κ1) is 6.88. The molecule has 1 N–H and O–H groups in total. The van der Waals surface area contributed by atoms with Gasteiger partial charge in [0.1, 0.15) is 0 Å². The Labute approximate surface area is 55.3 Å². The third kappa shape index (κ3) is 1.87. The van der Waals surface area contributed by atoms with Crippen LogP contribution in [-0.2, 0) is 0 Å². The zero-order chi connectivity index (χ0) is 4.41. The van der Waals surface area contributed by atoms with Gasteiger partial charge in [-0.15, -0.1) is 6.20 Å². The molecule has 2 heteroatoms. The van der Waals surface area contributed by atoms with Crippen molar-refractivity contribution in [2.24, 2.45) is 0 Å². The molecular weight excluding hydrogens is 81.0 g/mol. The van der Waals surface area contributed by atoms with Crippen molar-refractivity contribution in [2.45, 2.75) is 6.92 Å². The molecule has 1 aromatic heterocycles. The third-order valence-electron chi connectivity index (χ3n) is 0.686. The first-order valence-electron chi connectivity index (χ1n) is 1.91. The first-order chi connectivity index (χ1) is 2.89. The first-order valence-corrected chi connectivity index (χ1v) is 1.91. The maximum atomic E-state index is 2.88. The molecule has 1 aromatic rings. The van der Waals surface area contributed by atoms with Gasteiger partial charge >= 0.3 is 18.9 Å². The summed E-state index contributed by atoms with van der Waals surface area (Å²) < 4.78 is 0. The summed E-state index contributed by atoms with van der Waals surface area (Å²) in [7, 11) is 0. The second kappa shape index (κ2) is 2.96. The molecule has 1 nitrogen and oxygen atoms in total. The van der Waals surface area contributed by atoms with Crippen LogP contribution in [0.25, 0.3) is 0 Å². The van der Waals surface area contributed by atoms with Crippen molar-refractivity contribution in [1.29, 1.82) is 0 Å². The molecule has 0 bridgehead atoms.